The van der Waals surface area contributed by atoms with E-state index in [2.05, 4.69) is 15.3 Å². The van der Waals surface area contributed by atoms with Gasteiger partial charge in [-0.3, -0.25) is 0 Å². The summed E-state index contributed by atoms with van der Waals surface area (Å²) in [4.78, 5) is 9.28. The average Bonchev–Trinajstić information content (AvgIpc) is 3.04. The van der Waals surface area contributed by atoms with Crippen molar-refractivity contribution in [1.82, 2.24) is 10.1 Å². The van der Waals surface area contributed by atoms with Crippen molar-refractivity contribution in [3.05, 3.63) is 72.1 Å². The summed E-state index contributed by atoms with van der Waals surface area (Å²) in [7, 11) is 1.49. The smallest absolute Gasteiger partial charge is 0.258 e. The monoisotopic (exact) mass is 279 g/mol. The number of aromatic nitrogens is 2. The molecule has 0 aliphatic rings. The Hall–Kier alpha value is -2.95. The third-order valence-corrected chi connectivity index (χ3v) is 2.89. The predicted octanol–water partition coefficient (Wildman–Crippen LogP) is 3.14. The van der Waals surface area contributed by atoms with E-state index in [1.807, 2.05) is 60.7 Å². The van der Waals surface area contributed by atoms with Gasteiger partial charge in [0.25, 0.3) is 5.89 Å². The zero-order chi connectivity index (χ0) is 14.5. The van der Waals surface area contributed by atoms with Crippen molar-refractivity contribution in [2.75, 3.05) is 7.11 Å². The lowest BCUT2D eigenvalue weighted by Crippen LogP contribution is -2.06. The van der Waals surface area contributed by atoms with Crippen molar-refractivity contribution in [2.24, 2.45) is 5.16 Å². The lowest BCUT2D eigenvalue weighted by atomic mass is 10.1. The molecule has 3 aromatic rings. The van der Waals surface area contributed by atoms with Gasteiger partial charge in [-0.05, 0) is 12.1 Å². The Morgan fingerprint density at radius 1 is 1.00 bits per heavy atom. The first-order valence-corrected chi connectivity index (χ1v) is 6.44. The SMILES string of the molecule is CO/N=C(\c1ccccc1)c1noc(-c2ccccc2)n1. The van der Waals surface area contributed by atoms with Gasteiger partial charge in [0.15, 0.2) is 5.71 Å². The first-order valence-electron chi connectivity index (χ1n) is 6.44. The molecule has 3 rings (SSSR count). The topological polar surface area (TPSA) is 60.5 Å². The molecule has 0 aliphatic heterocycles. The van der Waals surface area contributed by atoms with E-state index < -0.39 is 0 Å². The third kappa shape index (κ3) is 2.81. The van der Waals surface area contributed by atoms with Crippen LogP contribution in [0, 0.1) is 0 Å². The molecule has 2 aromatic carbocycles. The van der Waals surface area contributed by atoms with E-state index >= 15 is 0 Å². The normalized spacial score (nSPS) is 11.4. The maximum absolute atomic E-state index is 5.30. The second-order valence-corrected chi connectivity index (χ2v) is 4.28. The van der Waals surface area contributed by atoms with E-state index in [0.717, 1.165) is 11.1 Å². The lowest BCUT2D eigenvalue weighted by molar-refractivity contribution is 0.213. The van der Waals surface area contributed by atoms with E-state index in [-0.39, 0.29) is 0 Å². The molecule has 1 aromatic heterocycles. The van der Waals surface area contributed by atoms with Gasteiger partial charge < -0.3 is 9.36 Å². The Bertz CT molecular complexity index is 736. The van der Waals surface area contributed by atoms with Gasteiger partial charge in [-0.25, -0.2) is 0 Å². The summed E-state index contributed by atoms with van der Waals surface area (Å²) in [5.41, 5.74) is 2.25. The van der Waals surface area contributed by atoms with Gasteiger partial charge in [-0.1, -0.05) is 58.8 Å². The highest BCUT2D eigenvalue weighted by Crippen LogP contribution is 2.17. The number of oxime groups is 1. The molecule has 0 saturated carbocycles. The molecular formula is C16H13N3O2. The zero-order valence-corrected chi connectivity index (χ0v) is 11.4. The quantitative estimate of drug-likeness (QED) is 0.543. The summed E-state index contributed by atoms with van der Waals surface area (Å²) < 4.78 is 5.30. The Kier molecular flexibility index (Phi) is 3.73. The van der Waals surface area contributed by atoms with E-state index in [9.17, 15) is 0 Å². The molecule has 0 saturated heterocycles. The molecule has 0 atom stereocenters. The largest absolute Gasteiger partial charge is 0.399 e. The van der Waals surface area contributed by atoms with E-state index in [0.29, 0.717) is 17.4 Å². The zero-order valence-electron chi connectivity index (χ0n) is 11.4. The molecule has 0 N–H and O–H groups in total. The van der Waals surface area contributed by atoms with Crippen molar-refractivity contribution in [1.29, 1.82) is 0 Å². The molecule has 104 valence electrons. The Balaban J connectivity index is 1.99. The number of benzene rings is 2. The van der Waals surface area contributed by atoms with Crippen LogP contribution < -0.4 is 0 Å². The van der Waals surface area contributed by atoms with Crippen molar-refractivity contribution in [3.63, 3.8) is 0 Å². The molecule has 1 heterocycles. The minimum absolute atomic E-state index is 0.391. The van der Waals surface area contributed by atoms with Crippen LogP contribution in [0.25, 0.3) is 11.5 Å². The van der Waals surface area contributed by atoms with Crippen molar-refractivity contribution >= 4 is 5.71 Å². The molecule has 0 spiro atoms. The molecule has 0 aliphatic carbocycles. The average molecular weight is 279 g/mol. The van der Waals surface area contributed by atoms with E-state index in [1.165, 1.54) is 7.11 Å². The molecule has 0 unspecified atom stereocenters. The van der Waals surface area contributed by atoms with Gasteiger partial charge in [-0.2, -0.15) is 4.98 Å². The summed E-state index contributed by atoms with van der Waals surface area (Å²) >= 11 is 0. The molecule has 21 heavy (non-hydrogen) atoms. The molecule has 0 amide bonds. The Morgan fingerprint density at radius 3 is 2.33 bits per heavy atom. The second kappa shape index (κ2) is 6.00. The second-order valence-electron chi connectivity index (χ2n) is 4.28. The van der Waals surface area contributed by atoms with Gasteiger partial charge >= 0.3 is 0 Å². The standard InChI is InChI=1S/C16H13N3O2/c1-20-18-14(12-8-4-2-5-9-12)15-17-16(21-19-15)13-10-6-3-7-11-13/h2-11H,1H3/b18-14+. The van der Waals surface area contributed by atoms with Gasteiger partial charge in [-0.15, -0.1) is 0 Å². The Morgan fingerprint density at radius 2 is 1.67 bits per heavy atom. The van der Waals surface area contributed by atoms with Crippen LogP contribution in [0.4, 0.5) is 0 Å². The van der Waals surface area contributed by atoms with Crippen molar-refractivity contribution < 1.29 is 9.36 Å². The third-order valence-electron chi connectivity index (χ3n) is 2.89. The lowest BCUT2D eigenvalue weighted by Gasteiger charge is -2.00. The fourth-order valence-corrected chi connectivity index (χ4v) is 1.93. The molecular weight excluding hydrogens is 266 g/mol. The van der Waals surface area contributed by atoms with Gasteiger partial charge in [0.2, 0.25) is 5.82 Å². The minimum Gasteiger partial charge on any atom is -0.399 e. The minimum atomic E-state index is 0.391. The molecule has 5 nitrogen and oxygen atoms in total. The number of rotatable bonds is 4. The van der Waals surface area contributed by atoms with Crippen molar-refractivity contribution in [2.45, 2.75) is 0 Å². The van der Waals surface area contributed by atoms with Crippen LogP contribution in [0.5, 0.6) is 0 Å². The van der Waals surface area contributed by atoms with Crippen molar-refractivity contribution in [3.8, 4) is 11.5 Å². The van der Waals surface area contributed by atoms with Gasteiger partial charge in [0, 0.05) is 11.1 Å². The van der Waals surface area contributed by atoms with Crippen LogP contribution in [-0.4, -0.2) is 23.0 Å². The fourth-order valence-electron chi connectivity index (χ4n) is 1.93. The van der Waals surface area contributed by atoms with Crippen LogP contribution in [-0.2, 0) is 4.84 Å². The summed E-state index contributed by atoms with van der Waals surface area (Å²) in [6.07, 6.45) is 0. The number of hydrogen-bond donors (Lipinski definition) is 0. The predicted molar refractivity (Wildman–Crippen MR) is 78.8 cm³/mol. The molecule has 5 heteroatoms. The highest BCUT2D eigenvalue weighted by atomic mass is 16.6. The first-order chi connectivity index (χ1) is 10.4. The maximum Gasteiger partial charge on any atom is 0.258 e. The van der Waals surface area contributed by atoms with Crippen LogP contribution in [0.15, 0.2) is 70.3 Å². The van der Waals surface area contributed by atoms with E-state index in [4.69, 9.17) is 9.36 Å². The molecule has 0 bridgehead atoms. The highest BCUT2D eigenvalue weighted by molar-refractivity contribution is 6.10. The van der Waals surface area contributed by atoms with E-state index in [1.54, 1.807) is 0 Å². The summed E-state index contributed by atoms with van der Waals surface area (Å²) in [5, 5.41) is 7.99. The summed E-state index contributed by atoms with van der Waals surface area (Å²) in [6, 6.07) is 19.2. The first kappa shape index (κ1) is 13.1. The number of nitrogens with zero attached hydrogens (tertiary/aromatic N) is 3. The number of hydrogen-bond acceptors (Lipinski definition) is 5. The Labute approximate surface area is 121 Å². The van der Waals surface area contributed by atoms with Crippen LogP contribution in [0.2, 0.25) is 0 Å². The summed E-state index contributed by atoms with van der Waals surface area (Å²) in [5.74, 6) is 0.840. The van der Waals surface area contributed by atoms with Crippen LogP contribution in [0.1, 0.15) is 11.4 Å². The molecule has 0 fully saturated rings. The summed E-state index contributed by atoms with van der Waals surface area (Å²) in [6.45, 7) is 0. The highest BCUT2D eigenvalue weighted by Gasteiger charge is 2.16. The van der Waals surface area contributed by atoms with Gasteiger partial charge in [0.1, 0.15) is 7.11 Å². The molecule has 0 radical (unpaired) electrons. The van der Waals surface area contributed by atoms with Crippen LogP contribution in [0.3, 0.4) is 0 Å². The van der Waals surface area contributed by atoms with Crippen LogP contribution >= 0.6 is 0 Å². The maximum atomic E-state index is 5.30. The fraction of sp³-hybridized carbons (Fsp3) is 0.0625. The van der Waals surface area contributed by atoms with Gasteiger partial charge in [0.05, 0.1) is 0 Å².